The van der Waals surface area contributed by atoms with Crippen molar-refractivity contribution >= 4 is 0 Å². The first-order chi connectivity index (χ1) is 13.7. The second kappa shape index (κ2) is 10.6. The molecule has 0 aromatic heterocycles. The second-order valence-corrected chi connectivity index (χ2v) is 7.35. The summed E-state index contributed by atoms with van der Waals surface area (Å²) >= 11 is 0. The molecule has 1 saturated heterocycles. The Morgan fingerprint density at radius 3 is 2.11 bits per heavy atom. The zero-order valence-electron chi connectivity index (χ0n) is 17.0. The van der Waals surface area contributed by atoms with Crippen LogP contribution >= 0.6 is 0 Å². The summed E-state index contributed by atoms with van der Waals surface area (Å²) in [6.07, 6.45) is 0.432. The molecule has 1 N–H and O–H groups in total. The van der Waals surface area contributed by atoms with Gasteiger partial charge in [-0.1, -0.05) is 42.5 Å². The molecule has 0 bridgehead atoms. The molecule has 0 radical (unpaired) electrons. The summed E-state index contributed by atoms with van der Waals surface area (Å²) in [5, 5.41) is 10.4. The maximum Gasteiger partial charge on any atom is 0.118 e. The zero-order valence-corrected chi connectivity index (χ0v) is 17.0. The lowest BCUT2D eigenvalue weighted by atomic mass is 10.1. The predicted molar refractivity (Wildman–Crippen MR) is 112 cm³/mol. The van der Waals surface area contributed by atoms with Gasteiger partial charge in [-0.05, 0) is 29.7 Å². The number of ether oxygens (including phenoxy) is 2. The van der Waals surface area contributed by atoms with Gasteiger partial charge in [0.05, 0.1) is 19.3 Å². The van der Waals surface area contributed by atoms with E-state index in [1.54, 1.807) is 14.2 Å². The van der Waals surface area contributed by atoms with Gasteiger partial charge < -0.3 is 19.5 Å². The number of methoxy groups -OCH3 is 2. The number of rotatable bonds is 9. The molecule has 1 aliphatic heterocycles. The average molecular weight is 385 g/mol. The molecule has 2 atom stereocenters. The summed E-state index contributed by atoms with van der Waals surface area (Å²) in [6.45, 7) is 5.95. The smallest absolute Gasteiger partial charge is 0.118 e. The number of piperazine rings is 1. The van der Waals surface area contributed by atoms with E-state index in [1.807, 2.05) is 30.3 Å². The van der Waals surface area contributed by atoms with Crippen molar-refractivity contribution in [3.8, 4) is 5.75 Å². The molecule has 0 saturated carbocycles. The minimum Gasteiger partial charge on any atom is -0.497 e. The van der Waals surface area contributed by atoms with E-state index >= 15 is 0 Å². The molecule has 2 unspecified atom stereocenters. The maximum absolute atomic E-state index is 10.4. The molecule has 5 nitrogen and oxygen atoms in total. The summed E-state index contributed by atoms with van der Waals surface area (Å²) in [5.74, 6) is 0.817. The van der Waals surface area contributed by atoms with Gasteiger partial charge in [0, 0.05) is 46.4 Å². The van der Waals surface area contributed by atoms with Crippen molar-refractivity contribution in [1.29, 1.82) is 0 Å². The molecule has 1 fully saturated rings. The first-order valence-electron chi connectivity index (χ1n) is 10.0. The van der Waals surface area contributed by atoms with Gasteiger partial charge in [0.15, 0.2) is 0 Å². The molecule has 1 heterocycles. The van der Waals surface area contributed by atoms with Crippen molar-refractivity contribution in [2.24, 2.45) is 0 Å². The Labute approximate surface area is 168 Å². The van der Waals surface area contributed by atoms with E-state index in [0.717, 1.165) is 57.0 Å². The minimum atomic E-state index is -0.431. The molecule has 0 spiro atoms. The molecule has 1 aliphatic rings. The zero-order chi connectivity index (χ0) is 19.8. The monoisotopic (exact) mass is 384 g/mol. The molecule has 152 valence electrons. The fourth-order valence-corrected chi connectivity index (χ4v) is 3.71. The van der Waals surface area contributed by atoms with Crippen LogP contribution in [0.5, 0.6) is 5.75 Å². The minimum absolute atomic E-state index is 0.115. The number of nitrogens with zero attached hydrogens (tertiary/aromatic N) is 2. The summed E-state index contributed by atoms with van der Waals surface area (Å²) in [7, 11) is 3.44. The van der Waals surface area contributed by atoms with Gasteiger partial charge in [0.1, 0.15) is 5.75 Å². The van der Waals surface area contributed by atoms with Crippen LogP contribution in [0.25, 0.3) is 0 Å². The van der Waals surface area contributed by atoms with E-state index in [2.05, 4.69) is 34.1 Å². The van der Waals surface area contributed by atoms with E-state index < -0.39 is 6.10 Å². The summed E-state index contributed by atoms with van der Waals surface area (Å²) < 4.78 is 10.9. The Hall–Kier alpha value is -1.92. The van der Waals surface area contributed by atoms with Crippen LogP contribution in [0, 0.1) is 0 Å². The molecule has 2 aromatic rings. The van der Waals surface area contributed by atoms with Gasteiger partial charge in [-0.15, -0.1) is 0 Å². The molecule has 3 rings (SSSR count). The second-order valence-electron chi connectivity index (χ2n) is 7.35. The lowest BCUT2D eigenvalue weighted by Crippen LogP contribution is -2.47. The Balaban J connectivity index is 1.41. The largest absolute Gasteiger partial charge is 0.497 e. The summed E-state index contributed by atoms with van der Waals surface area (Å²) in [6, 6.07) is 18.1. The third-order valence-corrected chi connectivity index (χ3v) is 5.56. The van der Waals surface area contributed by atoms with Crippen LogP contribution in [0.3, 0.4) is 0 Å². The highest BCUT2D eigenvalue weighted by Gasteiger charge is 2.21. The molecule has 0 amide bonds. The van der Waals surface area contributed by atoms with E-state index in [0.29, 0.717) is 0 Å². The Morgan fingerprint density at radius 1 is 0.857 bits per heavy atom. The van der Waals surface area contributed by atoms with Crippen LogP contribution in [0.15, 0.2) is 54.6 Å². The molecule has 2 aromatic carbocycles. The van der Waals surface area contributed by atoms with Crippen molar-refractivity contribution in [3.05, 3.63) is 65.7 Å². The number of hydrogen-bond donors (Lipinski definition) is 1. The number of benzene rings is 2. The number of aliphatic hydroxyl groups excluding tert-OH is 1. The molecular weight excluding hydrogens is 352 g/mol. The van der Waals surface area contributed by atoms with Gasteiger partial charge >= 0.3 is 0 Å². The Bertz CT molecular complexity index is 685. The fourth-order valence-electron chi connectivity index (χ4n) is 3.71. The lowest BCUT2D eigenvalue weighted by molar-refractivity contribution is 0.0387. The van der Waals surface area contributed by atoms with Gasteiger partial charge in [-0.2, -0.15) is 0 Å². The third-order valence-electron chi connectivity index (χ3n) is 5.56. The van der Waals surface area contributed by atoms with Crippen LogP contribution in [0.2, 0.25) is 0 Å². The fraction of sp³-hybridized carbons (Fsp3) is 0.478. The summed E-state index contributed by atoms with van der Waals surface area (Å²) in [5.41, 5.74) is 2.18. The topological polar surface area (TPSA) is 45.2 Å². The quantitative estimate of drug-likeness (QED) is 0.720. The standard InChI is InChI=1S/C23H32N2O3/c1-27-21-10-8-19(9-11-21)22(26)12-13-24-14-16-25(17-15-24)18-23(28-2)20-6-4-3-5-7-20/h3-11,22-23,26H,12-18H2,1-2H3. The van der Waals surface area contributed by atoms with Crippen molar-refractivity contribution in [2.45, 2.75) is 18.6 Å². The highest BCUT2D eigenvalue weighted by molar-refractivity contribution is 5.28. The van der Waals surface area contributed by atoms with Crippen molar-refractivity contribution < 1.29 is 14.6 Å². The van der Waals surface area contributed by atoms with Gasteiger partial charge in [0.25, 0.3) is 0 Å². The number of hydrogen-bond acceptors (Lipinski definition) is 5. The summed E-state index contributed by atoms with van der Waals surface area (Å²) in [4.78, 5) is 4.91. The maximum atomic E-state index is 10.4. The molecule has 0 aliphatic carbocycles. The van der Waals surface area contributed by atoms with Crippen molar-refractivity contribution in [2.75, 3.05) is 53.5 Å². The first-order valence-corrected chi connectivity index (χ1v) is 10.0. The highest BCUT2D eigenvalue weighted by Crippen LogP contribution is 2.21. The average Bonchev–Trinajstić information content (AvgIpc) is 2.77. The predicted octanol–water partition coefficient (Wildman–Crippen LogP) is 3.12. The van der Waals surface area contributed by atoms with Crippen LogP contribution in [0.4, 0.5) is 0 Å². The lowest BCUT2D eigenvalue weighted by Gasteiger charge is -2.36. The highest BCUT2D eigenvalue weighted by atomic mass is 16.5. The Morgan fingerprint density at radius 2 is 1.50 bits per heavy atom. The Kier molecular flexibility index (Phi) is 7.86. The van der Waals surface area contributed by atoms with Crippen LogP contribution < -0.4 is 4.74 Å². The SMILES string of the molecule is COc1ccc(C(O)CCN2CCN(CC(OC)c3ccccc3)CC2)cc1. The van der Waals surface area contributed by atoms with E-state index in [-0.39, 0.29) is 6.10 Å². The van der Waals surface area contributed by atoms with Crippen LogP contribution in [-0.4, -0.2) is 68.4 Å². The normalized spacial score (nSPS) is 18.0. The van der Waals surface area contributed by atoms with E-state index in [9.17, 15) is 5.11 Å². The first kappa shape index (κ1) is 20.8. The van der Waals surface area contributed by atoms with E-state index in [1.165, 1.54) is 5.56 Å². The molecular formula is C23H32N2O3. The van der Waals surface area contributed by atoms with Gasteiger partial charge in [0.2, 0.25) is 0 Å². The number of aliphatic hydroxyl groups is 1. The van der Waals surface area contributed by atoms with Crippen LogP contribution in [0.1, 0.15) is 29.8 Å². The van der Waals surface area contributed by atoms with E-state index in [4.69, 9.17) is 9.47 Å². The molecule has 28 heavy (non-hydrogen) atoms. The van der Waals surface area contributed by atoms with Gasteiger partial charge in [-0.25, -0.2) is 0 Å². The molecule has 5 heteroatoms. The third kappa shape index (κ3) is 5.79. The van der Waals surface area contributed by atoms with Crippen molar-refractivity contribution in [1.82, 2.24) is 9.80 Å². The van der Waals surface area contributed by atoms with Crippen molar-refractivity contribution in [3.63, 3.8) is 0 Å². The van der Waals surface area contributed by atoms with Crippen LogP contribution in [-0.2, 0) is 4.74 Å². The van der Waals surface area contributed by atoms with Gasteiger partial charge in [-0.3, -0.25) is 4.90 Å².